The Morgan fingerprint density at radius 3 is 1.11 bits per heavy atom. The normalized spacial score (nSPS) is 12.1. The van der Waals surface area contributed by atoms with Gasteiger partial charge in [0.05, 0.1) is 35.2 Å². The van der Waals surface area contributed by atoms with E-state index in [1.54, 1.807) is 0 Å². The molecule has 6 heteroatoms. The van der Waals surface area contributed by atoms with Gasteiger partial charge < -0.3 is 4.98 Å². The van der Waals surface area contributed by atoms with Gasteiger partial charge in [-0.3, -0.25) is 9.98 Å². The van der Waals surface area contributed by atoms with Gasteiger partial charge in [-0.25, -0.2) is 0 Å². The molecule has 3 rings (SSSR count). The maximum atomic E-state index is 4.92. The van der Waals surface area contributed by atoms with E-state index in [0.717, 1.165) is 22.8 Å². The summed E-state index contributed by atoms with van der Waals surface area (Å²) in [7, 11) is 1.19. The van der Waals surface area contributed by atoms with Crippen molar-refractivity contribution in [3.63, 3.8) is 0 Å². The number of nitrogens with one attached hydrogen (secondary N) is 1. The van der Waals surface area contributed by atoms with Gasteiger partial charge in [-0.05, 0) is 58.1 Å². The number of aliphatic imine (C=N–C) groups is 2. The van der Waals surface area contributed by atoms with Crippen LogP contribution < -0.4 is 0 Å². The average molecular weight is 751 g/mol. The van der Waals surface area contributed by atoms with Gasteiger partial charge in [0, 0.05) is 0 Å². The number of hydrogen-bond donors (Lipinski definition) is 1. The quantitative estimate of drug-likeness (QED) is 0.135. The monoisotopic (exact) mass is 751 g/mol. The molecule has 0 saturated carbocycles. The summed E-state index contributed by atoms with van der Waals surface area (Å²) in [6.45, 7) is 17.8. The van der Waals surface area contributed by atoms with E-state index in [1.807, 2.05) is 12.4 Å². The van der Waals surface area contributed by atoms with E-state index in [-0.39, 0.29) is 0 Å². The number of nitrogens with zero attached hydrogens (tertiary/aromatic N) is 2. The van der Waals surface area contributed by atoms with Crippen LogP contribution in [0.5, 0.6) is 0 Å². The van der Waals surface area contributed by atoms with Gasteiger partial charge >= 0.3 is 49.1 Å². The zero-order valence-corrected chi connectivity index (χ0v) is 28.0. The van der Waals surface area contributed by atoms with Gasteiger partial charge in [-0.2, -0.15) is 0 Å². The maximum absolute atomic E-state index is 4.92. The van der Waals surface area contributed by atoms with Crippen LogP contribution in [0.3, 0.4) is 0 Å². The predicted molar refractivity (Wildman–Crippen MR) is 173 cm³/mol. The number of aromatic nitrogens is 1. The molecule has 36 heavy (non-hydrogen) atoms. The topological polar surface area (TPSA) is 40.5 Å². The van der Waals surface area contributed by atoms with Gasteiger partial charge in [0.2, 0.25) is 0 Å². The SMILES string of the molecule is CC(C)c1cccc(C(C)C)c1N=Cc1ccc(C=Nc2c(C(C)C)cccc2C(C)C)[nH]1.[I][Fe][I]. The Morgan fingerprint density at radius 1 is 0.583 bits per heavy atom. The van der Waals surface area contributed by atoms with Crippen molar-refractivity contribution in [1.29, 1.82) is 0 Å². The Labute approximate surface area is 247 Å². The standard InChI is InChI=1S/C30H39N3.Fe.2HI/c1-19(2)25-11-9-12-26(20(3)4)29(25)31-17-23-15-16-24(33-23)18-32-30-27(21(5)6)13-10-14-28(30)22(7)8;;;/h9-22,33H,1-8H3;;2*1H/q;+2;;/p-2. The molecule has 0 radical (unpaired) electrons. The predicted octanol–water partition coefficient (Wildman–Crippen LogP) is 10.8. The zero-order valence-electron chi connectivity index (χ0n) is 22.6. The second kappa shape index (κ2) is 15.5. The molecule has 0 unspecified atom stereocenters. The van der Waals surface area contributed by atoms with E-state index in [4.69, 9.17) is 9.98 Å². The number of rotatable bonds is 8. The summed E-state index contributed by atoms with van der Waals surface area (Å²) in [4.78, 5) is 13.3. The Hall–Kier alpha value is -0.961. The van der Waals surface area contributed by atoms with E-state index in [0.29, 0.717) is 23.7 Å². The molecule has 3 aromatic rings. The third kappa shape index (κ3) is 8.81. The molecule has 196 valence electrons. The molecule has 1 aromatic heterocycles. The third-order valence-corrected chi connectivity index (χ3v) is 6.08. The van der Waals surface area contributed by atoms with Crippen molar-refractivity contribution in [3.05, 3.63) is 82.2 Å². The van der Waals surface area contributed by atoms with Crippen LogP contribution in [0.1, 0.15) is 113 Å². The molecule has 0 atom stereocenters. The van der Waals surface area contributed by atoms with Crippen LogP contribution in [0.2, 0.25) is 0 Å². The fraction of sp³-hybridized carbons (Fsp3) is 0.400. The van der Waals surface area contributed by atoms with Crippen LogP contribution in [0.25, 0.3) is 0 Å². The van der Waals surface area contributed by atoms with Gasteiger partial charge in [0.25, 0.3) is 0 Å². The molecule has 0 amide bonds. The van der Waals surface area contributed by atoms with Crippen LogP contribution in [-0.2, 0) is 8.46 Å². The van der Waals surface area contributed by atoms with Gasteiger partial charge in [0.1, 0.15) is 0 Å². The Bertz CT molecular complexity index is 1020. The molecule has 0 spiro atoms. The first kappa shape index (κ1) is 31.3. The first-order chi connectivity index (χ1) is 17.1. The summed E-state index contributed by atoms with van der Waals surface area (Å²) in [6, 6.07) is 17.2. The molecule has 0 aliphatic carbocycles. The van der Waals surface area contributed by atoms with Crippen LogP contribution in [-0.4, -0.2) is 17.4 Å². The van der Waals surface area contributed by atoms with Crippen LogP contribution in [0, 0.1) is 0 Å². The average Bonchev–Trinajstić information content (AvgIpc) is 3.28. The summed E-state index contributed by atoms with van der Waals surface area (Å²) in [6.07, 6.45) is 3.87. The van der Waals surface area contributed by atoms with Gasteiger partial charge in [0.15, 0.2) is 0 Å². The van der Waals surface area contributed by atoms with E-state index in [2.05, 4.69) is 150 Å². The van der Waals surface area contributed by atoms with E-state index >= 15 is 0 Å². The molecular weight excluding hydrogens is 712 g/mol. The second-order valence-electron chi connectivity index (χ2n) is 10.1. The number of halogens is 2. The minimum absolute atomic E-state index is 0.429. The fourth-order valence-electron chi connectivity index (χ4n) is 4.17. The summed E-state index contributed by atoms with van der Waals surface area (Å²) in [5.74, 6) is 1.72. The van der Waals surface area contributed by atoms with Gasteiger partial charge in [-0.15, -0.1) is 0 Å². The summed E-state index contributed by atoms with van der Waals surface area (Å²) in [5, 5.41) is 0. The first-order valence-electron chi connectivity index (χ1n) is 12.5. The molecule has 0 fully saturated rings. The Kier molecular flexibility index (Phi) is 13.4. The molecule has 3 nitrogen and oxygen atoms in total. The molecule has 2 aromatic carbocycles. The number of aromatic amines is 1. The minimum atomic E-state index is 0.429. The number of benzene rings is 2. The third-order valence-electron chi connectivity index (χ3n) is 6.08. The summed E-state index contributed by atoms with van der Waals surface area (Å²) in [5.41, 5.74) is 9.31. The van der Waals surface area contributed by atoms with Crippen molar-refractivity contribution < 1.29 is 8.46 Å². The number of para-hydroxylation sites is 2. The summed E-state index contributed by atoms with van der Waals surface area (Å²) >= 11 is 4.55. The van der Waals surface area contributed by atoms with Crippen LogP contribution >= 0.6 is 40.7 Å². The van der Waals surface area contributed by atoms with E-state index < -0.39 is 0 Å². The number of H-pyrrole nitrogens is 1. The summed E-state index contributed by atoms with van der Waals surface area (Å²) < 4.78 is 0. The zero-order chi connectivity index (χ0) is 26.8. The van der Waals surface area contributed by atoms with Crippen molar-refractivity contribution in [3.8, 4) is 0 Å². The van der Waals surface area contributed by atoms with E-state index in [9.17, 15) is 0 Å². The molecule has 0 bridgehead atoms. The molecule has 0 aliphatic heterocycles. The van der Waals surface area contributed by atoms with Crippen LogP contribution in [0.15, 0.2) is 58.5 Å². The van der Waals surface area contributed by atoms with Crippen molar-refractivity contribution in [2.75, 3.05) is 0 Å². The second-order valence-corrected chi connectivity index (χ2v) is 19.4. The van der Waals surface area contributed by atoms with E-state index in [1.165, 1.54) is 30.7 Å². The van der Waals surface area contributed by atoms with Crippen LogP contribution in [0.4, 0.5) is 11.4 Å². The molecule has 1 N–H and O–H groups in total. The van der Waals surface area contributed by atoms with Crippen molar-refractivity contribution in [1.82, 2.24) is 4.98 Å². The Morgan fingerprint density at radius 2 is 0.861 bits per heavy atom. The number of hydrogen-bond acceptors (Lipinski definition) is 2. The van der Waals surface area contributed by atoms with Crippen molar-refractivity contribution in [2.45, 2.75) is 79.1 Å². The van der Waals surface area contributed by atoms with Crippen molar-refractivity contribution in [2.24, 2.45) is 9.98 Å². The Balaban J connectivity index is 0.00000145. The molecular formula is C30H39FeI2N3. The van der Waals surface area contributed by atoms with Gasteiger partial charge in [-0.1, -0.05) is 91.8 Å². The molecule has 0 aliphatic rings. The molecule has 1 heterocycles. The molecule has 0 saturated heterocycles. The fourth-order valence-corrected chi connectivity index (χ4v) is 4.17. The van der Waals surface area contributed by atoms with Crippen molar-refractivity contribution >= 4 is 64.5 Å². The first-order valence-corrected chi connectivity index (χ1v) is 19.6.